The van der Waals surface area contributed by atoms with Crippen molar-refractivity contribution in [2.45, 2.75) is 32.7 Å². The first-order valence-electron chi connectivity index (χ1n) is 8.84. The summed E-state index contributed by atoms with van der Waals surface area (Å²) in [6, 6.07) is 11.1. The molecule has 138 valence electrons. The number of pyridine rings is 1. The zero-order valence-corrected chi connectivity index (χ0v) is 15.6. The summed E-state index contributed by atoms with van der Waals surface area (Å²) < 4.78 is 11.1. The molecule has 0 bridgehead atoms. The molecule has 0 spiro atoms. The SMILES string of the molecule is CCCCOc1ccc(/C=C/C(=O)NC(C)c2ccccn2)cc1OC. The number of unbranched alkanes of at least 4 members (excludes halogenated alkanes) is 1. The van der Waals surface area contributed by atoms with Crippen molar-refractivity contribution in [3.8, 4) is 11.5 Å². The Kier molecular flexibility index (Phi) is 7.68. The second-order valence-corrected chi connectivity index (χ2v) is 5.93. The Hall–Kier alpha value is -2.82. The Morgan fingerprint density at radius 3 is 2.81 bits per heavy atom. The predicted molar refractivity (Wildman–Crippen MR) is 103 cm³/mol. The van der Waals surface area contributed by atoms with E-state index in [0.29, 0.717) is 18.1 Å². The van der Waals surface area contributed by atoms with Gasteiger partial charge in [0.2, 0.25) is 5.91 Å². The van der Waals surface area contributed by atoms with Gasteiger partial charge in [-0.1, -0.05) is 25.5 Å². The van der Waals surface area contributed by atoms with Gasteiger partial charge in [-0.3, -0.25) is 9.78 Å². The van der Waals surface area contributed by atoms with E-state index < -0.39 is 0 Å². The number of nitrogens with zero attached hydrogens (tertiary/aromatic N) is 1. The van der Waals surface area contributed by atoms with Crippen molar-refractivity contribution in [2.24, 2.45) is 0 Å². The molecule has 0 aliphatic heterocycles. The van der Waals surface area contributed by atoms with Crippen LogP contribution in [0.4, 0.5) is 0 Å². The van der Waals surface area contributed by atoms with Crippen LogP contribution in [0.5, 0.6) is 11.5 Å². The van der Waals surface area contributed by atoms with Crippen LogP contribution < -0.4 is 14.8 Å². The van der Waals surface area contributed by atoms with E-state index >= 15 is 0 Å². The maximum absolute atomic E-state index is 12.1. The molecule has 0 aliphatic rings. The number of nitrogens with one attached hydrogen (secondary N) is 1. The Balaban J connectivity index is 1.97. The first-order chi connectivity index (χ1) is 12.6. The Morgan fingerprint density at radius 2 is 2.12 bits per heavy atom. The molecule has 0 saturated heterocycles. The normalized spacial score (nSPS) is 12.0. The second kappa shape index (κ2) is 10.2. The van der Waals surface area contributed by atoms with Crippen LogP contribution in [0.25, 0.3) is 6.08 Å². The van der Waals surface area contributed by atoms with Crippen LogP contribution in [0.1, 0.15) is 44.0 Å². The Bertz CT molecular complexity index is 729. The largest absolute Gasteiger partial charge is 0.493 e. The first kappa shape index (κ1) is 19.5. The van der Waals surface area contributed by atoms with Gasteiger partial charge in [-0.2, -0.15) is 0 Å². The molecule has 26 heavy (non-hydrogen) atoms. The number of hydrogen-bond donors (Lipinski definition) is 1. The van der Waals surface area contributed by atoms with Crippen molar-refractivity contribution in [3.63, 3.8) is 0 Å². The van der Waals surface area contributed by atoms with Crippen LogP contribution in [-0.2, 0) is 4.79 Å². The van der Waals surface area contributed by atoms with Crippen LogP contribution in [0.15, 0.2) is 48.7 Å². The van der Waals surface area contributed by atoms with E-state index in [2.05, 4.69) is 17.2 Å². The molecule has 1 aromatic heterocycles. The highest BCUT2D eigenvalue weighted by molar-refractivity contribution is 5.92. The average molecular weight is 354 g/mol. The van der Waals surface area contributed by atoms with E-state index in [9.17, 15) is 4.79 Å². The molecule has 0 aliphatic carbocycles. The fraction of sp³-hybridized carbons (Fsp3) is 0.333. The molecular formula is C21H26N2O3. The number of carbonyl (C=O) groups is 1. The summed E-state index contributed by atoms with van der Waals surface area (Å²) in [4.78, 5) is 16.4. The summed E-state index contributed by atoms with van der Waals surface area (Å²) in [7, 11) is 1.61. The molecule has 1 aromatic carbocycles. The number of rotatable bonds is 9. The highest BCUT2D eigenvalue weighted by Crippen LogP contribution is 2.28. The molecular weight excluding hydrogens is 328 g/mol. The molecule has 1 heterocycles. The van der Waals surface area contributed by atoms with Gasteiger partial charge in [0.25, 0.3) is 0 Å². The molecule has 1 atom stereocenters. The fourth-order valence-corrected chi connectivity index (χ4v) is 2.37. The molecule has 2 rings (SSSR count). The molecule has 1 N–H and O–H groups in total. The lowest BCUT2D eigenvalue weighted by Gasteiger charge is -2.12. The molecule has 5 nitrogen and oxygen atoms in total. The maximum Gasteiger partial charge on any atom is 0.244 e. The summed E-state index contributed by atoms with van der Waals surface area (Å²) in [5.41, 5.74) is 1.69. The van der Waals surface area contributed by atoms with E-state index in [1.165, 1.54) is 6.08 Å². The van der Waals surface area contributed by atoms with Gasteiger partial charge in [0, 0.05) is 12.3 Å². The van der Waals surface area contributed by atoms with Gasteiger partial charge in [-0.15, -0.1) is 0 Å². The molecule has 1 unspecified atom stereocenters. The lowest BCUT2D eigenvalue weighted by molar-refractivity contribution is -0.117. The predicted octanol–water partition coefficient (Wildman–Crippen LogP) is 4.16. The second-order valence-electron chi connectivity index (χ2n) is 5.93. The lowest BCUT2D eigenvalue weighted by atomic mass is 10.1. The highest BCUT2D eigenvalue weighted by atomic mass is 16.5. The van der Waals surface area contributed by atoms with E-state index in [4.69, 9.17) is 9.47 Å². The number of ether oxygens (including phenoxy) is 2. The van der Waals surface area contributed by atoms with Crippen molar-refractivity contribution in [2.75, 3.05) is 13.7 Å². The van der Waals surface area contributed by atoms with E-state index in [1.54, 1.807) is 19.4 Å². The van der Waals surface area contributed by atoms with E-state index in [1.807, 2.05) is 43.3 Å². The van der Waals surface area contributed by atoms with Gasteiger partial charge in [0.1, 0.15) is 0 Å². The maximum atomic E-state index is 12.1. The van der Waals surface area contributed by atoms with Crippen LogP contribution >= 0.6 is 0 Å². The third-order valence-corrected chi connectivity index (χ3v) is 3.86. The van der Waals surface area contributed by atoms with Crippen LogP contribution in [-0.4, -0.2) is 24.6 Å². The van der Waals surface area contributed by atoms with Crippen molar-refractivity contribution in [1.82, 2.24) is 10.3 Å². The standard InChI is InChI=1S/C21H26N2O3/c1-4-5-14-26-19-11-9-17(15-20(19)25-3)10-12-21(24)23-16(2)18-8-6-7-13-22-18/h6-13,15-16H,4-5,14H2,1-3H3,(H,23,24)/b12-10+. The minimum absolute atomic E-state index is 0.155. The van der Waals surface area contributed by atoms with Gasteiger partial charge in [0.15, 0.2) is 11.5 Å². The lowest BCUT2D eigenvalue weighted by Crippen LogP contribution is -2.25. The molecule has 0 saturated carbocycles. The number of amides is 1. The summed E-state index contributed by atoms with van der Waals surface area (Å²) in [6.07, 6.45) is 7.05. The van der Waals surface area contributed by atoms with Gasteiger partial charge in [-0.25, -0.2) is 0 Å². The third-order valence-electron chi connectivity index (χ3n) is 3.86. The van der Waals surface area contributed by atoms with E-state index in [-0.39, 0.29) is 11.9 Å². The Morgan fingerprint density at radius 1 is 1.27 bits per heavy atom. The number of methoxy groups -OCH3 is 1. The highest BCUT2D eigenvalue weighted by Gasteiger charge is 2.08. The van der Waals surface area contributed by atoms with Gasteiger partial charge < -0.3 is 14.8 Å². The summed E-state index contributed by atoms with van der Waals surface area (Å²) in [5.74, 6) is 1.20. The minimum atomic E-state index is -0.176. The van der Waals surface area contributed by atoms with Crippen LogP contribution in [0.3, 0.4) is 0 Å². The zero-order chi connectivity index (χ0) is 18.8. The number of carbonyl (C=O) groups excluding carboxylic acids is 1. The molecule has 2 aromatic rings. The van der Waals surface area contributed by atoms with Gasteiger partial charge >= 0.3 is 0 Å². The number of benzene rings is 1. The minimum Gasteiger partial charge on any atom is -0.493 e. The van der Waals surface area contributed by atoms with Gasteiger partial charge in [0.05, 0.1) is 25.5 Å². The molecule has 5 heteroatoms. The topological polar surface area (TPSA) is 60.5 Å². The van der Waals surface area contributed by atoms with Gasteiger partial charge in [-0.05, 0) is 49.2 Å². The fourth-order valence-electron chi connectivity index (χ4n) is 2.37. The molecule has 1 amide bonds. The van der Waals surface area contributed by atoms with E-state index in [0.717, 1.165) is 24.1 Å². The van der Waals surface area contributed by atoms with Crippen molar-refractivity contribution >= 4 is 12.0 Å². The summed E-state index contributed by atoms with van der Waals surface area (Å²) in [6.45, 7) is 4.68. The average Bonchev–Trinajstić information content (AvgIpc) is 2.67. The van der Waals surface area contributed by atoms with Crippen molar-refractivity contribution < 1.29 is 14.3 Å². The third kappa shape index (κ3) is 5.92. The smallest absolute Gasteiger partial charge is 0.244 e. The van der Waals surface area contributed by atoms with Crippen molar-refractivity contribution in [1.29, 1.82) is 0 Å². The summed E-state index contributed by atoms with van der Waals surface area (Å²) >= 11 is 0. The van der Waals surface area contributed by atoms with Crippen LogP contribution in [0, 0.1) is 0 Å². The monoisotopic (exact) mass is 354 g/mol. The molecule has 0 radical (unpaired) electrons. The van der Waals surface area contributed by atoms with Crippen molar-refractivity contribution in [3.05, 3.63) is 59.9 Å². The number of aromatic nitrogens is 1. The quantitative estimate of drug-likeness (QED) is 0.543. The summed E-state index contributed by atoms with van der Waals surface area (Å²) in [5, 5.41) is 2.90. The first-order valence-corrected chi connectivity index (χ1v) is 8.84. The zero-order valence-electron chi connectivity index (χ0n) is 15.6. The Labute approximate surface area is 155 Å². The number of hydrogen-bond acceptors (Lipinski definition) is 4. The molecule has 0 fully saturated rings. The van der Waals surface area contributed by atoms with Crippen LogP contribution in [0.2, 0.25) is 0 Å².